The van der Waals surface area contributed by atoms with Gasteiger partial charge in [-0.3, -0.25) is 4.79 Å². The van der Waals surface area contributed by atoms with Crippen LogP contribution in [0.2, 0.25) is 0 Å². The molecule has 0 aliphatic heterocycles. The molecule has 0 aromatic carbocycles. The molecule has 0 radical (unpaired) electrons. The summed E-state index contributed by atoms with van der Waals surface area (Å²) in [5.41, 5.74) is 0.537. The molecule has 0 saturated heterocycles. The van der Waals surface area contributed by atoms with E-state index in [1.54, 1.807) is 23.6 Å². The highest BCUT2D eigenvalue weighted by Gasteiger charge is 2.12. The Labute approximate surface area is 123 Å². The number of hydrogen-bond acceptors (Lipinski definition) is 4. The van der Waals surface area contributed by atoms with Crippen LogP contribution < -0.4 is 10.9 Å². The molecule has 2 aromatic heterocycles. The molecule has 4 nitrogen and oxygen atoms in total. The van der Waals surface area contributed by atoms with Gasteiger partial charge in [0.2, 0.25) is 0 Å². The van der Waals surface area contributed by atoms with Gasteiger partial charge in [0, 0.05) is 4.88 Å². The first-order valence-corrected chi connectivity index (χ1v) is 7.47. The molecule has 2 heterocycles. The molecule has 0 spiro atoms. The van der Waals surface area contributed by atoms with Crippen LogP contribution in [0, 0.1) is 0 Å². The minimum Gasteiger partial charge on any atom is -0.375 e. The summed E-state index contributed by atoms with van der Waals surface area (Å²) in [6, 6.07) is 4.20. The van der Waals surface area contributed by atoms with Crippen LogP contribution >= 0.6 is 27.3 Å². The lowest BCUT2D eigenvalue weighted by Crippen LogP contribution is -2.24. The third-order valence-corrected chi connectivity index (χ3v) is 4.45. The maximum Gasteiger partial charge on any atom is 0.283 e. The molecule has 0 bridgehead atoms. The van der Waals surface area contributed by atoms with Gasteiger partial charge < -0.3 is 5.32 Å². The van der Waals surface area contributed by atoms with Crippen molar-refractivity contribution in [2.75, 3.05) is 5.32 Å². The number of halogens is 1. The van der Waals surface area contributed by atoms with Crippen LogP contribution in [0.15, 0.2) is 45.6 Å². The average molecular weight is 340 g/mol. The fourth-order valence-corrected chi connectivity index (χ4v) is 2.82. The van der Waals surface area contributed by atoms with E-state index in [1.807, 2.05) is 18.4 Å². The zero-order valence-corrected chi connectivity index (χ0v) is 12.9. The second kappa shape index (κ2) is 6.16. The molecule has 1 atom stereocenters. The molecule has 0 fully saturated rings. The van der Waals surface area contributed by atoms with Gasteiger partial charge in [-0.05, 0) is 34.3 Å². The summed E-state index contributed by atoms with van der Waals surface area (Å²) in [4.78, 5) is 13.2. The van der Waals surface area contributed by atoms with Crippen LogP contribution in [0.3, 0.4) is 0 Å². The van der Waals surface area contributed by atoms with E-state index in [0.29, 0.717) is 16.7 Å². The Bertz CT molecular complexity index is 621. The second-order valence-electron chi connectivity index (χ2n) is 4.03. The average Bonchev–Trinajstić information content (AvgIpc) is 2.92. The highest BCUT2D eigenvalue weighted by atomic mass is 79.9. The largest absolute Gasteiger partial charge is 0.375 e. The number of rotatable bonds is 5. The first-order chi connectivity index (χ1) is 9.13. The monoisotopic (exact) mass is 339 g/mol. The maximum absolute atomic E-state index is 12.0. The minimum absolute atomic E-state index is 0.132. The number of nitrogens with zero attached hydrogens (tertiary/aromatic N) is 2. The zero-order chi connectivity index (χ0) is 13.8. The van der Waals surface area contributed by atoms with Gasteiger partial charge in [-0.2, -0.15) is 5.10 Å². The molecule has 0 aliphatic rings. The molecule has 0 saturated carbocycles. The SMILES string of the molecule is C=CCn1ncc(NC(C)c2cccs2)c(Br)c1=O. The maximum atomic E-state index is 12.0. The van der Waals surface area contributed by atoms with Gasteiger partial charge in [-0.1, -0.05) is 12.1 Å². The smallest absolute Gasteiger partial charge is 0.283 e. The van der Waals surface area contributed by atoms with Crippen molar-refractivity contribution in [3.8, 4) is 0 Å². The molecule has 19 heavy (non-hydrogen) atoms. The quantitative estimate of drug-likeness (QED) is 0.849. The molecule has 2 rings (SSSR count). The van der Waals surface area contributed by atoms with Crippen molar-refractivity contribution >= 4 is 33.0 Å². The molecule has 1 unspecified atom stereocenters. The van der Waals surface area contributed by atoms with Gasteiger partial charge in [0.15, 0.2) is 0 Å². The van der Waals surface area contributed by atoms with Gasteiger partial charge in [0.1, 0.15) is 4.47 Å². The normalized spacial score (nSPS) is 12.1. The van der Waals surface area contributed by atoms with Crippen molar-refractivity contribution in [3.63, 3.8) is 0 Å². The van der Waals surface area contributed by atoms with Crippen LogP contribution in [0.1, 0.15) is 17.8 Å². The Morgan fingerprint density at radius 1 is 1.68 bits per heavy atom. The summed E-state index contributed by atoms with van der Waals surface area (Å²) in [6.45, 7) is 6.05. The molecule has 6 heteroatoms. The molecule has 0 amide bonds. The van der Waals surface area contributed by atoms with Crippen molar-refractivity contribution in [1.82, 2.24) is 9.78 Å². The number of aromatic nitrogens is 2. The topological polar surface area (TPSA) is 46.9 Å². The highest BCUT2D eigenvalue weighted by molar-refractivity contribution is 9.10. The third-order valence-electron chi connectivity index (χ3n) is 2.63. The van der Waals surface area contributed by atoms with Crippen LogP contribution in [-0.2, 0) is 6.54 Å². The van der Waals surface area contributed by atoms with Gasteiger partial charge >= 0.3 is 0 Å². The summed E-state index contributed by atoms with van der Waals surface area (Å²) >= 11 is 5.00. The van der Waals surface area contributed by atoms with Crippen LogP contribution in [-0.4, -0.2) is 9.78 Å². The highest BCUT2D eigenvalue weighted by Crippen LogP contribution is 2.25. The number of anilines is 1. The molecular formula is C13H14BrN3OS. The summed E-state index contributed by atoms with van der Waals surface area (Å²) in [5.74, 6) is 0. The van der Waals surface area contributed by atoms with Crippen molar-refractivity contribution in [3.05, 3.63) is 56.1 Å². The van der Waals surface area contributed by atoms with Crippen LogP contribution in [0.25, 0.3) is 0 Å². The predicted octanol–water partition coefficient (Wildman–Crippen LogP) is 3.43. The lowest BCUT2D eigenvalue weighted by molar-refractivity contribution is 0.648. The summed E-state index contributed by atoms with van der Waals surface area (Å²) in [7, 11) is 0. The fourth-order valence-electron chi connectivity index (χ4n) is 1.66. The summed E-state index contributed by atoms with van der Waals surface area (Å²) in [5, 5.41) is 9.42. The van der Waals surface area contributed by atoms with Crippen LogP contribution in [0.5, 0.6) is 0 Å². The van der Waals surface area contributed by atoms with Crippen molar-refractivity contribution in [2.24, 2.45) is 0 Å². The van der Waals surface area contributed by atoms with E-state index in [4.69, 9.17) is 0 Å². The predicted molar refractivity (Wildman–Crippen MR) is 82.8 cm³/mol. The second-order valence-corrected chi connectivity index (χ2v) is 5.80. The van der Waals surface area contributed by atoms with E-state index in [2.05, 4.69) is 39.0 Å². The van der Waals surface area contributed by atoms with Crippen molar-refractivity contribution in [2.45, 2.75) is 19.5 Å². The van der Waals surface area contributed by atoms with Gasteiger partial charge in [-0.15, -0.1) is 17.9 Å². The van der Waals surface area contributed by atoms with E-state index in [9.17, 15) is 4.79 Å². The van der Waals surface area contributed by atoms with E-state index < -0.39 is 0 Å². The first kappa shape index (κ1) is 14.0. The zero-order valence-electron chi connectivity index (χ0n) is 10.5. The molecule has 1 N–H and O–H groups in total. The van der Waals surface area contributed by atoms with E-state index in [-0.39, 0.29) is 11.6 Å². The van der Waals surface area contributed by atoms with E-state index in [1.165, 1.54) is 9.56 Å². The third kappa shape index (κ3) is 3.13. The number of hydrogen-bond donors (Lipinski definition) is 1. The lowest BCUT2D eigenvalue weighted by Gasteiger charge is -2.15. The van der Waals surface area contributed by atoms with Crippen LogP contribution in [0.4, 0.5) is 5.69 Å². The van der Waals surface area contributed by atoms with Gasteiger partial charge in [-0.25, -0.2) is 4.68 Å². The van der Waals surface area contributed by atoms with Gasteiger partial charge in [0.05, 0.1) is 24.5 Å². The van der Waals surface area contributed by atoms with Gasteiger partial charge in [0.25, 0.3) is 5.56 Å². The molecule has 100 valence electrons. The standard InChI is InChI=1S/C13H14BrN3OS/c1-3-6-17-13(18)12(14)10(8-15-17)16-9(2)11-5-4-7-19-11/h3-5,7-9,16H,1,6H2,2H3. The Morgan fingerprint density at radius 3 is 3.11 bits per heavy atom. The van der Waals surface area contributed by atoms with Crippen molar-refractivity contribution in [1.29, 1.82) is 0 Å². The lowest BCUT2D eigenvalue weighted by atomic mass is 10.2. The first-order valence-electron chi connectivity index (χ1n) is 5.80. The van der Waals surface area contributed by atoms with E-state index in [0.717, 1.165) is 0 Å². The molecule has 2 aromatic rings. The summed E-state index contributed by atoms with van der Waals surface area (Å²) in [6.07, 6.45) is 3.29. The Kier molecular flexibility index (Phi) is 4.55. The summed E-state index contributed by atoms with van der Waals surface area (Å²) < 4.78 is 1.85. The van der Waals surface area contributed by atoms with Crippen molar-refractivity contribution < 1.29 is 0 Å². The number of thiophene rings is 1. The molecule has 0 aliphatic carbocycles. The molecular weight excluding hydrogens is 326 g/mol. The Hall–Kier alpha value is -1.40. The Balaban J connectivity index is 2.24. The minimum atomic E-state index is -0.164. The Morgan fingerprint density at radius 2 is 2.47 bits per heavy atom. The fraction of sp³-hybridized carbons (Fsp3) is 0.231. The number of allylic oxidation sites excluding steroid dienone is 1. The van der Waals surface area contributed by atoms with E-state index >= 15 is 0 Å². The number of nitrogens with one attached hydrogen (secondary N) is 1.